The van der Waals surface area contributed by atoms with E-state index in [0.717, 1.165) is 21.3 Å². The van der Waals surface area contributed by atoms with Gasteiger partial charge in [0.15, 0.2) is 17.2 Å². The van der Waals surface area contributed by atoms with E-state index in [4.69, 9.17) is 4.74 Å². The highest BCUT2D eigenvalue weighted by molar-refractivity contribution is 7.99. The molecule has 3 heterocycles. The summed E-state index contributed by atoms with van der Waals surface area (Å²) in [4.78, 5) is 9.20. The Balaban J connectivity index is 2.04. The Kier molecular flexibility index (Phi) is 4.49. The Labute approximate surface area is 144 Å². The van der Waals surface area contributed by atoms with Gasteiger partial charge in [0, 0.05) is 19.4 Å². The second kappa shape index (κ2) is 6.72. The minimum atomic E-state index is 0.235. The summed E-state index contributed by atoms with van der Waals surface area (Å²) in [6, 6.07) is 9.58. The third-order valence-corrected chi connectivity index (χ3v) is 4.47. The summed E-state index contributed by atoms with van der Waals surface area (Å²) in [5, 5.41) is 14.6. The summed E-state index contributed by atoms with van der Waals surface area (Å²) in [6.07, 6.45) is 3.32. The van der Waals surface area contributed by atoms with Crippen molar-refractivity contribution in [2.24, 2.45) is 7.05 Å². The first-order valence-corrected chi connectivity index (χ1v) is 8.08. The lowest BCUT2D eigenvalue weighted by Crippen LogP contribution is -1.96. The average molecular weight is 337 g/mol. The Morgan fingerprint density at radius 2 is 1.96 bits per heavy atom. The summed E-state index contributed by atoms with van der Waals surface area (Å²) >= 11 is 1.43. The van der Waals surface area contributed by atoms with Gasteiger partial charge in [-0.3, -0.25) is 4.68 Å². The maximum Gasteiger partial charge on any atom is 0.184 e. The van der Waals surface area contributed by atoms with Crippen molar-refractivity contribution in [3.63, 3.8) is 0 Å². The summed E-state index contributed by atoms with van der Waals surface area (Å²) in [6.45, 7) is 3.79. The predicted octanol–water partition coefficient (Wildman–Crippen LogP) is 3.64. The minimum Gasteiger partial charge on any atom is -0.449 e. The number of hydrogen-bond donors (Lipinski definition) is 0. The van der Waals surface area contributed by atoms with E-state index in [9.17, 15) is 5.26 Å². The molecule has 0 spiro atoms. The van der Waals surface area contributed by atoms with Crippen molar-refractivity contribution >= 4 is 11.8 Å². The van der Waals surface area contributed by atoms with Crippen LogP contribution in [-0.2, 0) is 7.05 Å². The molecule has 0 N–H and O–H groups in total. The molecule has 0 fully saturated rings. The Morgan fingerprint density at radius 1 is 1.12 bits per heavy atom. The molecule has 24 heavy (non-hydrogen) atoms. The van der Waals surface area contributed by atoms with Gasteiger partial charge < -0.3 is 4.74 Å². The molecule has 0 aliphatic heterocycles. The van der Waals surface area contributed by atoms with E-state index in [-0.39, 0.29) is 5.69 Å². The van der Waals surface area contributed by atoms with Crippen LogP contribution in [0.25, 0.3) is 0 Å². The molecule has 0 amide bonds. The Bertz CT molecular complexity index is 915. The maximum absolute atomic E-state index is 9.39. The maximum atomic E-state index is 9.39. The van der Waals surface area contributed by atoms with Crippen molar-refractivity contribution in [3.05, 3.63) is 53.7 Å². The number of aryl methyl sites for hydroxylation is 2. The molecule has 0 saturated carbocycles. The third kappa shape index (κ3) is 3.09. The number of rotatable bonds is 4. The molecule has 120 valence electrons. The average Bonchev–Trinajstić information content (AvgIpc) is 2.83. The van der Waals surface area contributed by atoms with Crippen LogP contribution >= 0.6 is 11.8 Å². The normalized spacial score (nSPS) is 10.4. The van der Waals surface area contributed by atoms with E-state index in [1.54, 1.807) is 17.1 Å². The van der Waals surface area contributed by atoms with Gasteiger partial charge in [-0.05, 0) is 32.0 Å². The standard InChI is InChI=1S/C17H15N5OS/c1-11-16(12(2)22(3)21-11)23-17-13(10-18)19-9-7-14(17)24-15-6-4-5-8-20-15/h4-9H,1-3H3. The molecule has 7 heteroatoms. The molecule has 0 radical (unpaired) electrons. The smallest absolute Gasteiger partial charge is 0.184 e. The van der Waals surface area contributed by atoms with Crippen molar-refractivity contribution in [1.29, 1.82) is 5.26 Å². The first kappa shape index (κ1) is 16.0. The summed E-state index contributed by atoms with van der Waals surface area (Å²) in [7, 11) is 1.85. The molecule has 0 aromatic carbocycles. The van der Waals surface area contributed by atoms with Gasteiger partial charge in [0.1, 0.15) is 16.8 Å². The summed E-state index contributed by atoms with van der Waals surface area (Å²) < 4.78 is 7.82. The van der Waals surface area contributed by atoms with Gasteiger partial charge in [0.2, 0.25) is 0 Å². The van der Waals surface area contributed by atoms with Crippen molar-refractivity contribution in [2.75, 3.05) is 0 Å². The highest BCUT2D eigenvalue weighted by atomic mass is 32.2. The van der Waals surface area contributed by atoms with Crippen molar-refractivity contribution in [3.8, 4) is 17.6 Å². The molecular formula is C17H15N5OS. The second-order valence-electron chi connectivity index (χ2n) is 5.09. The lowest BCUT2D eigenvalue weighted by Gasteiger charge is -2.11. The van der Waals surface area contributed by atoms with Crippen molar-refractivity contribution in [1.82, 2.24) is 19.7 Å². The Hall–Kier alpha value is -2.85. The van der Waals surface area contributed by atoms with Crippen LogP contribution in [0.5, 0.6) is 11.5 Å². The van der Waals surface area contributed by atoms with E-state index in [2.05, 4.69) is 21.1 Å². The number of pyridine rings is 2. The van der Waals surface area contributed by atoms with E-state index in [1.807, 2.05) is 45.2 Å². The molecule has 3 aromatic heterocycles. The number of nitriles is 1. The van der Waals surface area contributed by atoms with Gasteiger partial charge in [-0.1, -0.05) is 17.8 Å². The zero-order chi connectivity index (χ0) is 17.1. The van der Waals surface area contributed by atoms with Crippen LogP contribution in [0.15, 0.2) is 46.6 Å². The minimum absolute atomic E-state index is 0.235. The lowest BCUT2D eigenvalue weighted by molar-refractivity contribution is 0.458. The third-order valence-electron chi connectivity index (χ3n) is 3.47. The molecule has 0 saturated heterocycles. The summed E-state index contributed by atoms with van der Waals surface area (Å²) in [5.74, 6) is 1.07. The molecule has 6 nitrogen and oxygen atoms in total. The molecule has 0 aliphatic rings. The number of aromatic nitrogens is 4. The van der Waals surface area contributed by atoms with Gasteiger partial charge in [-0.25, -0.2) is 9.97 Å². The highest BCUT2D eigenvalue weighted by Gasteiger charge is 2.18. The van der Waals surface area contributed by atoms with Gasteiger partial charge in [-0.2, -0.15) is 10.4 Å². The zero-order valence-corrected chi connectivity index (χ0v) is 14.3. The highest BCUT2D eigenvalue weighted by Crippen LogP contribution is 2.39. The molecular weight excluding hydrogens is 322 g/mol. The van der Waals surface area contributed by atoms with Gasteiger partial charge >= 0.3 is 0 Å². The topological polar surface area (TPSA) is 76.6 Å². The van der Waals surface area contributed by atoms with Crippen molar-refractivity contribution in [2.45, 2.75) is 23.8 Å². The first-order chi connectivity index (χ1) is 11.6. The fraction of sp³-hybridized carbons (Fsp3) is 0.176. The van der Waals surface area contributed by atoms with Gasteiger partial charge in [-0.15, -0.1) is 0 Å². The summed E-state index contributed by atoms with van der Waals surface area (Å²) in [5.41, 5.74) is 1.88. The van der Waals surface area contributed by atoms with Crippen LogP contribution in [0.2, 0.25) is 0 Å². The molecule has 0 bridgehead atoms. The number of hydrogen-bond acceptors (Lipinski definition) is 6. The van der Waals surface area contributed by atoms with Crippen LogP contribution in [0, 0.1) is 25.2 Å². The van der Waals surface area contributed by atoms with Gasteiger partial charge in [0.05, 0.1) is 10.6 Å². The van der Waals surface area contributed by atoms with Crippen LogP contribution < -0.4 is 4.74 Å². The lowest BCUT2D eigenvalue weighted by atomic mass is 10.3. The fourth-order valence-corrected chi connectivity index (χ4v) is 3.06. The van der Waals surface area contributed by atoms with E-state index >= 15 is 0 Å². The SMILES string of the molecule is Cc1nn(C)c(C)c1Oc1c(Sc2ccccn2)ccnc1C#N. The molecule has 3 aromatic rings. The van der Waals surface area contributed by atoms with Crippen molar-refractivity contribution < 1.29 is 4.74 Å². The fourth-order valence-electron chi connectivity index (χ4n) is 2.21. The second-order valence-corrected chi connectivity index (χ2v) is 6.16. The molecule has 0 unspecified atom stereocenters. The predicted molar refractivity (Wildman–Crippen MR) is 90.1 cm³/mol. The monoisotopic (exact) mass is 337 g/mol. The van der Waals surface area contributed by atoms with E-state index < -0.39 is 0 Å². The van der Waals surface area contributed by atoms with E-state index in [0.29, 0.717) is 11.5 Å². The van der Waals surface area contributed by atoms with Crippen LogP contribution in [0.4, 0.5) is 0 Å². The zero-order valence-electron chi connectivity index (χ0n) is 13.5. The Morgan fingerprint density at radius 3 is 2.58 bits per heavy atom. The van der Waals surface area contributed by atoms with Crippen LogP contribution in [0.1, 0.15) is 17.1 Å². The largest absolute Gasteiger partial charge is 0.449 e. The van der Waals surface area contributed by atoms with E-state index in [1.165, 1.54) is 11.8 Å². The molecule has 0 aliphatic carbocycles. The van der Waals surface area contributed by atoms with Crippen LogP contribution in [-0.4, -0.2) is 19.7 Å². The number of ether oxygens (including phenoxy) is 1. The molecule has 3 rings (SSSR count). The first-order valence-electron chi connectivity index (χ1n) is 7.26. The molecule has 0 atom stereocenters. The van der Waals surface area contributed by atoms with Gasteiger partial charge in [0.25, 0.3) is 0 Å². The van der Waals surface area contributed by atoms with Crippen LogP contribution in [0.3, 0.4) is 0 Å². The quantitative estimate of drug-likeness (QED) is 0.723. The number of nitrogens with zero attached hydrogens (tertiary/aromatic N) is 5.